The van der Waals surface area contributed by atoms with E-state index in [1.807, 2.05) is 12.3 Å². The van der Waals surface area contributed by atoms with Gasteiger partial charge in [0.25, 0.3) is 0 Å². The summed E-state index contributed by atoms with van der Waals surface area (Å²) in [6.07, 6.45) is 2.21. The fraction of sp³-hybridized carbons (Fsp3) is 0.571. The SMILES string of the molecule is Cc1csc(-c2c(N)nsc2NC(C)C2CCOCC2)n1. The average molecular weight is 324 g/mol. The summed E-state index contributed by atoms with van der Waals surface area (Å²) in [6.45, 7) is 5.94. The van der Waals surface area contributed by atoms with Crippen molar-refractivity contribution < 1.29 is 4.74 Å². The summed E-state index contributed by atoms with van der Waals surface area (Å²) >= 11 is 3.04. The lowest BCUT2D eigenvalue weighted by Gasteiger charge is -2.28. The molecule has 0 saturated carbocycles. The lowest BCUT2D eigenvalue weighted by molar-refractivity contribution is 0.0623. The zero-order chi connectivity index (χ0) is 14.8. The molecule has 2 aromatic heterocycles. The van der Waals surface area contributed by atoms with Crippen molar-refractivity contribution in [2.75, 3.05) is 24.3 Å². The second-order valence-corrected chi connectivity index (χ2v) is 7.08. The third-order valence-corrected chi connectivity index (χ3v) is 5.65. The molecule has 1 aliphatic rings. The second-order valence-electron chi connectivity index (χ2n) is 5.45. The standard InChI is InChI=1S/C14H20N4OS2/c1-8-7-20-13(16-8)11-12(15)18-21-14(11)17-9(2)10-3-5-19-6-4-10/h7,9-10,17H,3-6H2,1-2H3,(H2,15,18). The van der Waals surface area contributed by atoms with Crippen LogP contribution in [-0.2, 0) is 4.74 Å². The van der Waals surface area contributed by atoms with Gasteiger partial charge in [0.05, 0.1) is 5.56 Å². The van der Waals surface area contributed by atoms with Crippen molar-refractivity contribution >= 4 is 33.7 Å². The van der Waals surface area contributed by atoms with Crippen LogP contribution in [0.1, 0.15) is 25.5 Å². The highest BCUT2D eigenvalue weighted by molar-refractivity contribution is 7.15. The van der Waals surface area contributed by atoms with Gasteiger partial charge in [0, 0.05) is 30.3 Å². The zero-order valence-corrected chi connectivity index (χ0v) is 13.9. The van der Waals surface area contributed by atoms with Crippen molar-refractivity contribution in [3.8, 4) is 10.6 Å². The Hall–Kier alpha value is -1.18. The fourth-order valence-electron chi connectivity index (χ4n) is 2.62. The Bertz CT molecular complexity index is 604. The Morgan fingerprint density at radius 2 is 2.19 bits per heavy atom. The van der Waals surface area contributed by atoms with Crippen molar-refractivity contribution in [1.29, 1.82) is 0 Å². The minimum atomic E-state index is 0.383. The molecule has 0 bridgehead atoms. The molecule has 21 heavy (non-hydrogen) atoms. The van der Waals surface area contributed by atoms with Crippen LogP contribution in [-0.4, -0.2) is 28.6 Å². The number of hydrogen-bond donors (Lipinski definition) is 2. The van der Waals surface area contributed by atoms with Gasteiger partial charge in [0.1, 0.15) is 15.8 Å². The van der Waals surface area contributed by atoms with Crippen LogP contribution in [0.15, 0.2) is 5.38 Å². The molecule has 5 nitrogen and oxygen atoms in total. The molecule has 2 aromatic rings. The number of hydrogen-bond acceptors (Lipinski definition) is 7. The molecule has 1 saturated heterocycles. The first-order chi connectivity index (χ1) is 10.1. The largest absolute Gasteiger partial charge is 0.382 e. The van der Waals surface area contributed by atoms with Gasteiger partial charge in [0.2, 0.25) is 0 Å². The smallest absolute Gasteiger partial charge is 0.149 e. The monoisotopic (exact) mass is 324 g/mol. The van der Waals surface area contributed by atoms with Crippen molar-refractivity contribution in [2.24, 2.45) is 5.92 Å². The first-order valence-corrected chi connectivity index (χ1v) is 8.82. The third kappa shape index (κ3) is 3.20. The van der Waals surface area contributed by atoms with Gasteiger partial charge < -0.3 is 15.8 Å². The van der Waals surface area contributed by atoms with E-state index < -0.39 is 0 Å². The van der Waals surface area contributed by atoms with Gasteiger partial charge in [-0.15, -0.1) is 11.3 Å². The number of thiazole rings is 1. The summed E-state index contributed by atoms with van der Waals surface area (Å²) < 4.78 is 9.73. The number of nitrogens with zero attached hydrogens (tertiary/aromatic N) is 2. The highest BCUT2D eigenvalue weighted by Gasteiger charge is 2.23. The molecule has 0 aliphatic carbocycles. The van der Waals surface area contributed by atoms with Crippen LogP contribution in [0.5, 0.6) is 0 Å². The molecule has 1 unspecified atom stereocenters. The molecule has 0 amide bonds. The molecular weight excluding hydrogens is 304 g/mol. The minimum absolute atomic E-state index is 0.383. The summed E-state index contributed by atoms with van der Waals surface area (Å²) in [7, 11) is 0. The van der Waals surface area contributed by atoms with E-state index in [1.54, 1.807) is 11.3 Å². The summed E-state index contributed by atoms with van der Waals surface area (Å²) in [6, 6.07) is 0.383. The van der Waals surface area contributed by atoms with Gasteiger partial charge in [-0.25, -0.2) is 4.98 Å². The number of aromatic nitrogens is 2. The van der Waals surface area contributed by atoms with Crippen LogP contribution in [0.4, 0.5) is 10.8 Å². The van der Waals surface area contributed by atoms with E-state index in [4.69, 9.17) is 10.5 Å². The maximum absolute atomic E-state index is 6.04. The Morgan fingerprint density at radius 3 is 2.86 bits per heavy atom. The summed E-state index contributed by atoms with van der Waals surface area (Å²) in [5, 5.41) is 7.61. The van der Waals surface area contributed by atoms with Gasteiger partial charge in [-0.2, -0.15) is 4.37 Å². The molecule has 1 atom stereocenters. The molecule has 1 fully saturated rings. The first kappa shape index (κ1) is 14.7. The van der Waals surface area contributed by atoms with E-state index in [0.717, 1.165) is 47.3 Å². The Kier molecular flexibility index (Phi) is 4.42. The molecule has 3 rings (SSSR count). The number of nitrogens with two attached hydrogens (primary N) is 1. The molecule has 7 heteroatoms. The number of nitrogens with one attached hydrogen (secondary N) is 1. The predicted molar refractivity (Wildman–Crippen MR) is 89.0 cm³/mol. The molecule has 1 aliphatic heterocycles. The number of nitrogen functional groups attached to an aromatic ring is 1. The minimum Gasteiger partial charge on any atom is -0.382 e. The molecule has 0 radical (unpaired) electrons. The zero-order valence-electron chi connectivity index (χ0n) is 12.3. The lowest BCUT2D eigenvalue weighted by Crippen LogP contribution is -2.30. The van der Waals surface area contributed by atoms with E-state index in [2.05, 4.69) is 21.6 Å². The van der Waals surface area contributed by atoms with Crippen LogP contribution < -0.4 is 11.1 Å². The van der Waals surface area contributed by atoms with E-state index >= 15 is 0 Å². The highest BCUT2D eigenvalue weighted by Crippen LogP contribution is 2.39. The molecular formula is C14H20N4OS2. The van der Waals surface area contributed by atoms with Gasteiger partial charge >= 0.3 is 0 Å². The van der Waals surface area contributed by atoms with Crippen LogP contribution in [0.2, 0.25) is 0 Å². The second kappa shape index (κ2) is 6.29. The lowest BCUT2D eigenvalue weighted by atomic mass is 9.93. The van der Waals surface area contributed by atoms with Crippen molar-refractivity contribution in [3.05, 3.63) is 11.1 Å². The number of aryl methyl sites for hydroxylation is 1. The normalized spacial score (nSPS) is 17.8. The Labute approximate surface area is 132 Å². The fourth-order valence-corrected chi connectivity index (χ4v) is 4.35. The maximum Gasteiger partial charge on any atom is 0.149 e. The van der Waals surface area contributed by atoms with Gasteiger partial charge in [0.15, 0.2) is 0 Å². The summed E-state index contributed by atoms with van der Waals surface area (Å²) in [5.41, 5.74) is 8.02. The van der Waals surface area contributed by atoms with E-state index in [1.165, 1.54) is 11.5 Å². The van der Waals surface area contributed by atoms with E-state index in [9.17, 15) is 0 Å². The molecule has 0 aromatic carbocycles. The molecule has 3 heterocycles. The first-order valence-electron chi connectivity index (χ1n) is 7.17. The number of ether oxygens (including phenoxy) is 1. The molecule has 114 valence electrons. The highest BCUT2D eigenvalue weighted by atomic mass is 32.1. The van der Waals surface area contributed by atoms with Crippen molar-refractivity contribution in [1.82, 2.24) is 9.36 Å². The predicted octanol–water partition coefficient (Wildman–Crippen LogP) is 3.38. The third-order valence-electron chi connectivity index (χ3n) is 3.88. The van der Waals surface area contributed by atoms with Crippen LogP contribution in [0, 0.1) is 12.8 Å². The molecule has 3 N–H and O–H groups in total. The van der Waals surface area contributed by atoms with Crippen LogP contribution >= 0.6 is 22.9 Å². The van der Waals surface area contributed by atoms with Crippen molar-refractivity contribution in [3.63, 3.8) is 0 Å². The number of rotatable bonds is 4. The quantitative estimate of drug-likeness (QED) is 0.902. The van der Waals surface area contributed by atoms with Crippen molar-refractivity contribution in [2.45, 2.75) is 32.7 Å². The topological polar surface area (TPSA) is 73.1 Å². The Balaban J connectivity index is 1.79. The van der Waals surface area contributed by atoms with Crippen LogP contribution in [0.3, 0.4) is 0 Å². The summed E-state index contributed by atoms with van der Waals surface area (Å²) in [4.78, 5) is 4.54. The van der Waals surface area contributed by atoms with Crippen LogP contribution in [0.25, 0.3) is 10.6 Å². The average Bonchev–Trinajstić information content (AvgIpc) is 3.06. The van der Waals surface area contributed by atoms with Gasteiger partial charge in [-0.1, -0.05) is 0 Å². The van der Waals surface area contributed by atoms with E-state index in [0.29, 0.717) is 17.8 Å². The van der Waals surface area contributed by atoms with Gasteiger partial charge in [-0.05, 0) is 44.1 Å². The Morgan fingerprint density at radius 1 is 1.43 bits per heavy atom. The molecule has 0 spiro atoms. The van der Waals surface area contributed by atoms with Gasteiger partial charge in [-0.3, -0.25) is 0 Å². The van der Waals surface area contributed by atoms with E-state index in [-0.39, 0.29) is 0 Å². The summed E-state index contributed by atoms with van der Waals surface area (Å²) in [5.74, 6) is 1.20. The number of anilines is 2. The maximum atomic E-state index is 6.04.